The monoisotopic (exact) mass is 445 g/mol. The fraction of sp³-hybridized carbons (Fsp3) is 0.0417. The van der Waals surface area contributed by atoms with Gasteiger partial charge in [0, 0.05) is 11.3 Å². The number of benzene rings is 3. The number of anilines is 1. The van der Waals surface area contributed by atoms with Crippen molar-refractivity contribution < 1.29 is 13.9 Å². The van der Waals surface area contributed by atoms with E-state index in [1.807, 2.05) is 36.4 Å². The molecule has 8 heteroatoms. The van der Waals surface area contributed by atoms with E-state index >= 15 is 0 Å². The number of fused-ring (bicyclic) bond motifs is 3. The molecule has 0 aliphatic heterocycles. The molecule has 158 valence electrons. The Morgan fingerprint density at radius 1 is 1.06 bits per heavy atom. The standard InChI is InChI=1S/C24H16FN3O3S/c25-16-9-11-17(12-10-16)26-22(29)14-31-20-8-4-1-5-15(20)13-21-23(30)28-19-7-3-2-6-18(19)27-24(28)32-21/h1-13H,14H2,(H,26,29). The van der Waals surface area contributed by atoms with Gasteiger partial charge in [-0.25, -0.2) is 13.8 Å². The van der Waals surface area contributed by atoms with Gasteiger partial charge in [-0.05, 0) is 48.5 Å². The number of nitrogens with zero attached hydrogens (tertiary/aromatic N) is 2. The normalized spacial score (nSPS) is 11.8. The number of ether oxygens (including phenoxy) is 1. The van der Waals surface area contributed by atoms with Gasteiger partial charge in [0.05, 0.1) is 15.6 Å². The summed E-state index contributed by atoms with van der Waals surface area (Å²) in [6.45, 7) is -0.231. The summed E-state index contributed by atoms with van der Waals surface area (Å²) in [6.07, 6.45) is 1.74. The van der Waals surface area contributed by atoms with Crippen molar-refractivity contribution in [2.24, 2.45) is 0 Å². The van der Waals surface area contributed by atoms with E-state index in [-0.39, 0.29) is 23.9 Å². The van der Waals surface area contributed by atoms with Gasteiger partial charge in [0.1, 0.15) is 11.6 Å². The average molecular weight is 445 g/mol. The molecule has 3 aromatic carbocycles. The third-order valence-corrected chi connectivity index (χ3v) is 5.81. The largest absolute Gasteiger partial charge is 0.483 e. The number of halogens is 1. The minimum atomic E-state index is -0.379. The lowest BCUT2D eigenvalue weighted by Gasteiger charge is -2.09. The third kappa shape index (κ3) is 3.83. The summed E-state index contributed by atoms with van der Waals surface area (Å²) < 4.78 is 20.8. The number of aromatic nitrogens is 2. The zero-order chi connectivity index (χ0) is 22.1. The summed E-state index contributed by atoms with van der Waals surface area (Å²) in [5.74, 6) is -0.287. The number of thiazole rings is 1. The average Bonchev–Trinajstić information content (AvgIpc) is 3.31. The Morgan fingerprint density at radius 2 is 1.81 bits per heavy atom. The summed E-state index contributed by atoms with van der Waals surface area (Å²) in [5, 5.41) is 2.65. The zero-order valence-corrected chi connectivity index (χ0v) is 17.4. The van der Waals surface area contributed by atoms with Crippen LogP contribution in [0.25, 0.3) is 22.1 Å². The van der Waals surface area contributed by atoms with Crippen LogP contribution in [0.3, 0.4) is 0 Å². The van der Waals surface area contributed by atoms with Gasteiger partial charge < -0.3 is 10.1 Å². The van der Waals surface area contributed by atoms with E-state index in [2.05, 4.69) is 10.3 Å². The first-order valence-corrected chi connectivity index (χ1v) is 10.6. The molecule has 0 spiro atoms. The third-order valence-electron chi connectivity index (χ3n) is 4.84. The lowest BCUT2D eigenvalue weighted by molar-refractivity contribution is -0.118. The number of carbonyl (C=O) groups excluding carboxylic acids is 1. The molecular formula is C24H16FN3O3S. The van der Waals surface area contributed by atoms with E-state index in [9.17, 15) is 14.0 Å². The fourth-order valence-electron chi connectivity index (χ4n) is 3.36. The van der Waals surface area contributed by atoms with Crippen LogP contribution in [0.5, 0.6) is 5.75 Å². The Hall–Kier alpha value is -4.04. The molecule has 1 N–H and O–H groups in total. The number of hydrogen-bond acceptors (Lipinski definition) is 5. The van der Waals surface area contributed by atoms with Crippen molar-refractivity contribution in [2.45, 2.75) is 0 Å². The number of amides is 1. The highest BCUT2D eigenvalue weighted by molar-refractivity contribution is 7.15. The van der Waals surface area contributed by atoms with Crippen molar-refractivity contribution in [2.75, 3.05) is 11.9 Å². The molecule has 0 unspecified atom stereocenters. The van der Waals surface area contributed by atoms with Crippen LogP contribution >= 0.6 is 11.3 Å². The van der Waals surface area contributed by atoms with E-state index in [0.29, 0.717) is 26.5 Å². The highest BCUT2D eigenvalue weighted by Crippen LogP contribution is 2.20. The number of carbonyl (C=O) groups is 1. The summed E-state index contributed by atoms with van der Waals surface area (Å²) >= 11 is 1.30. The maximum absolute atomic E-state index is 13.0. The first-order valence-electron chi connectivity index (χ1n) is 9.77. The molecule has 2 aromatic heterocycles. The smallest absolute Gasteiger partial charge is 0.274 e. The molecule has 0 saturated carbocycles. The van der Waals surface area contributed by atoms with Gasteiger partial charge in [0.25, 0.3) is 11.5 Å². The Balaban J connectivity index is 1.40. The summed E-state index contributed by atoms with van der Waals surface area (Å²) in [7, 11) is 0. The van der Waals surface area contributed by atoms with Crippen LogP contribution in [-0.2, 0) is 4.79 Å². The molecule has 0 atom stereocenters. The minimum absolute atomic E-state index is 0.150. The van der Waals surface area contributed by atoms with Crippen molar-refractivity contribution in [3.8, 4) is 5.75 Å². The van der Waals surface area contributed by atoms with Crippen LogP contribution < -0.4 is 20.1 Å². The number of nitrogens with one attached hydrogen (secondary N) is 1. The fourth-order valence-corrected chi connectivity index (χ4v) is 4.34. The van der Waals surface area contributed by atoms with Crippen molar-refractivity contribution in [1.29, 1.82) is 0 Å². The molecule has 0 fully saturated rings. The van der Waals surface area contributed by atoms with E-state index in [0.717, 1.165) is 11.0 Å². The van der Waals surface area contributed by atoms with Gasteiger partial charge in [-0.3, -0.25) is 9.59 Å². The van der Waals surface area contributed by atoms with E-state index in [1.54, 1.807) is 22.6 Å². The highest BCUT2D eigenvalue weighted by atomic mass is 32.1. The van der Waals surface area contributed by atoms with Gasteiger partial charge >= 0.3 is 0 Å². The van der Waals surface area contributed by atoms with Gasteiger partial charge in [-0.2, -0.15) is 0 Å². The van der Waals surface area contributed by atoms with Crippen LogP contribution in [-0.4, -0.2) is 21.9 Å². The predicted molar refractivity (Wildman–Crippen MR) is 123 cm³/mol. The molecule has 1 amide bonds. The summed E-state index contributed by atoms with van der Waals surface area (Å²) in [6, 6.07) is 20.1. The van der Waals surface area contributed by atoms with Crippen LogP contribution in [0.15, 0.2) is 77.6 Å². The molecule has 5 rings (SSSR count). The molecule has 32 heavy (non-hydrogen) atoms. The second kappa shape index (κ2) is 8.24. The SMILES string of the molecule is O=C(COc1ccccc1C=c1sc2nc3ccccc3n2c1=O)Nc1ccc(F)cc1. The molecule has 5 aromatic rings. The molecule has 2 heterocycles. The van der Waals surface area contributed by atoms with Crippen molar-refractivity contribution in [1.82, 2.24) is 9.38 Å². The van der Waals surface area contributed by atoms with Crippen molar-refractivity contribution >= 4 is 45.0 Å². The topological polar surface area (TPSA) is 72.7 Å². The Bertz CT molecular complexity index is 1560. The van der Waals surface area contributed by atoms with Crippen LogP contribution in [0.4, 0.5) is 10.1 Å². The number of hydrogen-bond donors (Lipinski definition) is 1. The van der Waals surface area contributed by atoms with E-state index < -0.39 is 0 Å². The molecule has 6 nitrogen and oxygen atoms in total. The molecule has 0 saturated heterocycles. The Morgan fingerprint density at radius 3 is 2.66 bits per heavy atom. The summed E-state index contributed by atoms with van der Waals surface area (Å²) in [4.78, 5) is 30.3. The maximum Gasteiger partial charge on any atom is 0.274 e. The highest BCUT2D eigenvalue weighted by Gasteiger charge is 2.12. The van der Waals surface area contributed by atoms with E-state index in [1.165, 1.54) is 35.6 Å². The van der Waals surface area contributed by atoms with Gasteiger partial charge in [-0.1, -0.05) is 41.7 Å². The van der Waals surface area contributed by atoms with Crippen molar-refractivity contribution in [3.63, 3.8) is 0 Å². The molecule has 0 aliphatic rings. The van der Waals surface area contributed by atoms with Crippen LogP contribution in [0.1, 0.15) is 5.56 Å². The molecular weight excluding hydrogens is 429 g/mol. The van der Waals surface area contributed by atoms with Crippen LogP contribution in [0, 0.1) is 5.82 Å². The summed E-state index contributed by atoms with van der Waals surface area (Å²) in [5.41, 5.74) is 2.55. The second-order valence-electron chi connectivity index (χ2n) is 7.02. The lowest BCUT2D eigenvalue weighted by atomic mass is 10.2. The second-order valence-corrected chi connectivity index (χ2v) is 8.02. The Kier molecular flexibility index (Phi) is 5.12. The lowest BCUT2D eigenvalue weighted by Crippen LogP contribution is -2.23. The molecule has 0 aliphatic carbocycles. The minimum Gasteiger partial charge on any atom is -0.483 e. The Labute approximate surface area is 185 Å². The van der Waals surface area contributed by atoms with Gasteiger partial charge in [0.2, 0.25) is 0 Å². The van der Waals surface area contributed by atoms with E-state index in [4.69, 9.17) is 4.74 Å². The molecule has 0 radical (unpaired) electrons. The van der Waals surface area contributed by atoms with Gasteiger partial charge in [0.15, 0.2) is 11.6 Å². The maximum atomic E-state index is 13.0. The number of rotatable bonds is 5. The first-order chi connectivity index (χ1) is 15.6. The quantitative estimate of drug-likeness (QED) is 0.449. The van der Waals surface area contributed by atoms with Crippen molar-refractivity contribution in [3.05, 3.63) is 99.1 Å². The number of imidazole rings is 1. The van der Waals surface area contributed by atoms with Crippen LogP contribution in [0.2, 0.25) is 0 Å². The predicted octanol–water partition coefficient (Wildman–Crippen LogP) is 3.61. The molecule has 0 bridgehead atoms. The number of para-hydroxylation sites is 3. The first kappa shape index (κ1) is 19.9. The van der Waals surface area contributed by atoms with Gasteiger partial charge in [-0.15, -0.1) is 0 Å². The zero-order valence-electron chi connectivity index (χ0n) is 16.6.